The van der Waals surface area contributed by atoms with E-state index in [1.54, 1.807) is 19.1 Å². The van der Waals surface area contributed by atoms with E-state index >= 15 is 0 Å². The molecular formula is C31H42O17. The second kappa shape index (κ2) is 17.0. The number of aliphatic hydroxyl groups is 7. The van der Waals surface area contributed by atoms with Crippen molar-refractivity contribution < 1.29 is 83.6 Å². The number of carbonyl (C=O) groups excluding carboxylic acids is 2. The van der Waals surface area contributed by atoms with Crippen LogP contribution < -0.4 is 0 Å². The third-order valence-corrected chi connectivity index (χ3v) is 8.30. The van der Waals surface area contributed by atoms with Crippen molar-refractivity contribution in [2.24, 2.45) is 5.92 Å². The highest BCUT2D eigenvalue weighted by Crippen LogP contribution is 2.37. The summed E-state index contributed by atoms with van der Waals surface area (Å²) in [6.07, 6.45) is -15.6. The van der Waals surface area contributed by atoms with Crippen LogP contribution in [0.25, 0.3) is 0 Å². The molecule has 2 saturated heterocycles. The first-order valence-electron chi connectivity index (χ1n) is 15.2. The van der Waals surface area contributed by atoms with Crippen LogP contribution in [-0.4, -0.2) is 147 Å². The smallest absolute Gasteiger partial charge is 0.337 e. The summed E-state index contributed by atoms with van der Waals surface area (Å²) in [5.41, 5.74) is 1.02. The Hall–Kier alpha value is -3.20. The Bertz CT molecular complexity index is 1280. The Morgan fingerprint density at radius 1 is 0.854 bits per heavy atom. The zero-order chi connectivity index (χ0) is 35.1. The molecule has 0 aromatic heterocycles. The molecule has 0 spiro atoms. The zero-order valence-corrected chi connectivity index (χ0v) is 26.2. The largest absolute Gasteiger partial charge is 0.508 e. The molecule has 1 aromatic rings. The topological polar surface area (TPSA) is 261 Å². The summed E-state index contributed by atoms with van der Waals surface area (Å²) in [6, 6.07) is 6.37. The predicted octanol–water partition coefficient (Wildman–Crippen LogP) is -2.52. The molecule has 0 unspecified atom stereocenters. The summed E-state index contributed by atoms with van der Waals surface area (Å²) < 4.78 is 38.3. The second-order valence-corrected chi connectivity index (χ2v) is 11.4. The fraction of sp³-hybridized carbons (Fsp3) is 0.613. The van der Waals surface area contributed by atoms with E-state index in [4.69, 9.17) is 33.2 Å². The number of rotatable bonds is 12. The van der Waals surface area contributed by atoms with Crippen molar-refractivity contribution in [1.82, 2.24) is 0 Å². The van der Waals surface area contributed by atoms with Gasteiger partial charge in [0.05, 0.1) is 45.2 Å². The van der Waals surface area contributed by atoms with E-state index in [1.807, 2.05) is 0 Å². The van der Waals surface area contributed by atoms with Gasteiger partial charge in [-0.3, -0.25) is 4.79 Å². The molecular weight excluding hydrogens is 644 g/mol. The lowest BCUT2D eigenvalue weighted by Crippen LogP contribution is -2.65. The normalized spacial score (nSPS) is 36.2. The minimum atomic E-state index is -1.86. The van der Waals surface area contributed by atoms with Crippen LogP contribution in [0.4, 0.5) is 0 Å². The van der Waals surface area contributed by atoms with Crippen molar-refractivity contribution >= 4 is 11.9 Å². The van der Waals surface area contributed by atoms with Gasteiger partial charge >= 0.3 is 11.9 Å². The van der Waals surface area contributed by atoms with Crippen LogP contribution in [0.15, 0.2) is 47.7 Å². The number of carbonyl (C=O) groups is 2. The number of hydrogen-bond acceptors (Lipinski definition) is 17. The molecule has 17 nitrogen and oxygen atoms in total. The monoisotopic (exact) mass is 686 g/mol. The van der Waals surface area contributed by atoms with E-state index in [2.05, 4.69) is 0 Å². The summed E-state index contributed by atoms with van der Waals surface area (Å²) in [7, 11) is 1.15. The Morgan fingerprint density at radius 2 is 1.48 bits per heavy atom. The molecule has 2 fully saturated rings. The van der Waals surface area contributed by atoms with Gasteiger partial charge in [0, 0.05) is 17.9 Å². The number of aromatic hydroxyl groups is 1. The molecule has 0 radical (unpaired) electrons. The molecule has 0 bridgehead atoms. The third-order valence-electron chi connectivity index (χ3n) is 8.30. The Kier molecular flexibility index (Phi) is 13.3. The van der Waals surface area contributed by atoms with Crippen LogP contribution in [-0.2, 0) is 49.2 Å². The lowest BCUT2D eigenvalue weighted by molar-refractivity contribution is -0.369. The minimum Gasteiger partial charge on any atom is -0.508 e. The van der Waals surface area contributed by atoms with E-state index in [9.17, 15) is 50.4 Å². The molecule has 3 aliphatic heterocycles. The SMILES string of the molecule is C/C=C1\[C@H](O[C@@H]2O[C@H](CO)[C@@H](O)[C@H](O[C@@H]3O[C@H](CO)[C@@H](O)[C@H](O)[C@H]3O)[C@H]2O)OC=C(C(=O)OC)[C@H]1CC(=O)OCCc1ccc(O)cc1. The molecule has 0 aliphatic carbocycles. The molecule has 48 heavy (non-hydrogen) atoms. The van der Waals surface area contributed by atoms with Gasteiger partial charge in [-0.05, 0) is 24.6 Å². The van der Waals surface area contributed by atoms with Gasteiger partial charge < -0.3 is 74.0 Å². The number of benzene rings is 1. The van der Waals surface area contributed by atoms with Gasteiger partial charge in [0.2, 0.25) is 6.29 Å². The highest BCUT2D eigenvalue weighted by Gasteiger charge is 2.52. The van der Waals surface area contributed by atoms with E-state index in [0.29, 0.717) is 6.42 Å². The highest BCUT2D eigenvalue weighted by atomic mass is 16.8. The van der Waals surface area contributed by atoms with Gasteiger partial charge in [0.25, 0.3) is 0 Å². The van der Waals surface area contributed by atoms with Crippen LogP contribution in [0, 0.1) is 5.92 Å². The number of ether oxygens (including phenoxy) is 7. The first-order chi connectivity index (χ1) is 22.9. The van der Waals surface area contributed by atoms with Crippen molar-refractivity contribution in [3.8, 4) is 5.75 Å². The summed E-state index contributed by atoms with van der Waals surface area (Å²) >= 11 is 0. The molecule has 0 amide bonds. The van der Waals surface area contributed by atoms with Crippen molar-refractivity contribution in [2.75, 3.05) is 26.9 Å². The molecule has 17 heteroatoms. The Labute approximate surface area is 275 Å². The molecule has 3 heterocycles. The van der Waals surface area contributed by atoms with Crippen molar-refractivity contribution in [2.45, 2.75) is 87.5 Å². The standard InChI is InChI=1S/C31H42O17/c1-3-16-17(10-21(35)43-9-8-14-4-6-15(34)7-5-14)18(28(41)42-2)13-44-29(16)48-31-26(40)27(23(37)20(12-33)46-31)47-30-25(39)24(38)22(36)19(11-32)45-30/h3-7,13,17,19-20,22-27,29-34,36-40H,8-12H2,1-2H3/b16-3-/t17-,19+,20+,22+,23+,24-,25+,26+,27-,29-,30-,31-/m0/s1. The van der Waals surface area contributed by atoms with Crippen LogP contribution >= 0.6 is 0 Å². The highest BCUT2D eigenvalue weighted by molar-refractivity contribution is 5.90. The van der Waals surface area contributed by atoms with E-state index in [-0.39, 0.29) is 29.9 Å². The van der Waals surface area contributed by atoms with Crippen molar-refractivity contribution in [3.63, 3.8) is 0 Å². The number of methoxy groups -OCH3 is 1. The van der Waals surface area contributed by atoms with E-state index < -0.39 is 98.8 Å². The quantitative estimate of drug-likeness (QED) is 0.0834. The van der Waals surface area contributed by atoms with Gasteiger partial charge in [-0.15, -0.1) is 0 Å². The third kappa shape index (κ3) is 8.50. The van der Waals surface area contributed by atoms with Gasteiger partial charge in [-0.2, -0.15) is 0 Å². The maximum absolute atomic E-state index is 12.9. The van der Waals surface area contributed by atoms with Crippen LogP contribution in [0.3, 0.4) is 0 Å². The van der Waals surface area contributed by atoms with Gasteiger partial charge in [0.1, 0.15) is 54.6 Å². The lowest BCUT2D eigenvalue weighted by Gasteiger charge is -2.46. The predicted molar refractivity (Wildman–Crippen MR) is 157 cm³/mol. The summed E-state index contributed by atoms with van der Waals surface area (Å²) in [5.74, 6) is -2.33. The van der Waals surface area contributed by atoms with Gasteiger partial charge in [0.15, 0.2) is 12.6 Å². The Morgan fingerprint density at radius 3 is 2.08 bits per heavy atom. The number of allylic oxidation sites excluding steroid dienone is 1. The van der Waals surface area contributed by atoms with E-state index in [1.165, 1.54) is 18.2 Å². The number of phenolic OH excluding ortho intramolecular Hbond substituents is 1. The maximum Gasteiger partial charge on any atom is 0.337 e. The molecule has 4 rings (SSSR count). The van der Waals surface area contributed by atoms with Crippen molar-refractivity contribution in [1.29, 1.82) is 0 Å². The average Bonchev–Trinajstić information content (AvgIpc) is 3.08. The first kappa shape index (κ1) is 37.6. The molecule has 12 atom stereocenters. The summed E-state index contributed by atoms with van der Waals surface area (Å²) in [5, 5.41) is 81.5. The number of esters is 2. The lowest BCUT2D eigenvalue weighted by atomic mass is 9.86. The second-order valence-electron chi connectivity index (χ2n) is 11.4. The zero-order valence-electron chi connectivity index (χ0n) is 26.2. The number of phenols is 1. The maximum atomic E-state index is 12.9. The van der Waals surface area contributed by atoms with Crippen LogP contribution in [0.5, 0.6) is 5.75 Å². The average molecular weight is 687 g/mol. The fourth-order valence-corrected chi connectivity index (χ4v) is 5.58. The fourth-order valence-electron chi connectivity index (χ4n) is 5.58. The number of hydrogen-bond donors (Lipinski definition) is 8. The van der Waals surface area contributed by atoms with Crippen LogP contribution in [0.1, 0.15) is 18.9 Å². The number of aliphatic hydroxyl groups excluding tert-OH is 7. The molecule has 0 saturated carbocycles. The van der Waals surface area contributed by atoms with Crippen molar-refractivity contribution in [3.05, 3.63) is 53.3 Å². The summed E-state index contributed by atoms with van der Waals surface area (Å²) in [4.78, 5) is 25.5. The van der Waals surface area contributed by atoms with Gasteiger partial charge in [-0.25, -0.2) is 4.79 Å². The summed E-state index contributed by atoms with van der Waals surface area (Å²) in [6.45, 7) is 0.0588. The van der Waals surface area contributed by atoms with Crippen LogP contribution in [0.2, 0.25) is 0 Å². The first-order valence-corrected chi connectivity index (χ1v) is 15.2. The molecule has 8 N–H and O–H groups in total. The van der Waals surface area contributed by atoms with E-state index in [0.717, 1.165) is 18.9 Å². The minimum absolute atomic E-state index is 0.0119. The Balaban J connectivity index is 1.48. The molecule has 3 aliphatic rings. The molecule has 268 valence electrons. The van der Waals surface area contributed by atoms with Gasteiger partial charge in [-0.1, -0.05) is 18.2 Å². The molecule has 1 aromatic carbocycles.